The minimum absolute atomic E-state index is 0.110. The number of hydrogen-bond acceptors (Lipinski definition) is 3. The summed E-state index contributed by atoms with van der Waals surface area (Å²) in [6.45, 7) is 5.67. The summed E-state index contributed by atoms with van der Waals surface area (Å²) in [4.78, 5) is 23.2. The lowest BCUT2D eigenvalue weighted by Crippen LogP contribution is -2.33. The monoisotopic (exact) mass is 313 g/mol. The van der Waals surface area contributed by atoms with Crippen LogP contribution in [0.25, 0.3) is 0 Å². The summed E-state index contributed by atoms with van der Waals surface area (Å²) in [6, 6.07) is 2.89. The van der Waals surface area contributed by atoms with Gasteiger partial charge in [0.2, 0.25) is 0 Å². The van der Waals surface area contributed by atoms with Gasteiger partial charge in [-0.15, -0.1) is 0 Å². The van der Waals surface area contributed by atoms with Crippen LogP contribution in [-0.4, -0.2) is 24.0 Å². The molecule has 0 saturated carbocycles. The summed E-state index contributed by atoms with van der Waals surface area (Å²) < 4.78 is 31.2. The molecule has 0 aliphatic rings. The van der Waals surface area contributed by atoms with Crippen LogP contribution in [0, 0.1) is 11.6 Å². The molecule has 22 heavy (non-hydrogen) atoms. The number of carbonyl (C=O) groups excluding carboxylic acids is 2. The van der Waals surface area contributed by atoms with Gasteiger partial charge in [0, 0.05) is 19.0 Å². The van der Waals surface area contributed by atoms with Gasteiger partial charge in [-0.05, 0) is 45.7 Å². The van der Waals surface area contributed by atoms with Crippen molar-refractivity contribution in [3.8, 4) is 0 Å². The van der Waals surface area contributed by atoms with Crippen LogP contribution in [0.2, 0.25) is 0 Å². The van der Waals surface area contributed by atoms with E-state index in [0.29, 0.717) is 25.5 Å². The second kappa shape index (κ2) is 7.87. The number of unbranched alkanes of at least 4 members (excludes halogenated alkanes) is 1. The first kappa shape index (κ1) is 18.1. The number of hydrogen-bond donors (Lipinski definition) is 1. The van der Waals surface area contributed by atoms with Crippen LogP contribution in [0.1, 0.15) is 50.4 Å². The van der Waals surface area contributed by atoms with E-state index in [1.807, 2.05) is 0 Å². The summed E-state index contributed by atoms with van der Waals surface area (Å²) >= 11 is 0. The molecule has 0 atom stereocenters. The quantitative estimate of drug-likeness (QED) is 0.641. The number of ether oxygens (including phenoxy) is 1. The van der Waals surface area contributed by atoms with E-state index in [-0.39, 0.29) is 17.8 Å². The number of alkyl carbamates (subject to hydrolysis) is 1. The minimum Gasteiger partial charge on any atom is -0.444 e. The summed E-state index contributed by atoms with van der Waals surface area (Å²) in [5, 5.41) is 2.58. The van der Waals surface area contributed by atoms with E-state index in [1.165, 1.54) is 0 Å². The Hall–Kier alpha value is -1.98. The Balaban J connectivity index is 2.27. The molecule has 0 spiro atoms. The first-order chi connectivity index (χ1) is 10.2. The van der Waals surface area contributed by atoms with E-state index in [2.05, 4.69) is 5.32 Å². The highest BCUT2D eigenvalue weighted by atomic mass is 19.1. The maximum Gasteiger partial charge on any atom is 0.407 e. The van der Waals surface area contributed by atoms with Gasteiger partial charge in [-0.2, -0.15) is 0 Å². The molecule has 0 aromatic heterocycles. The molecule has 6 heteroatoms. The Bertz CT molecular complexity index is 539. The summed E-state index contributed by atoms with van der Waals surface area (Å²) in [5.41, 5.74) is -0.665. The highest BCUT2D eigenvalue weighted by molar-refractivity contribution is 5.96. The molecule has 0 aliphatic heterocycles. The van der Waals surface area contributed by atoms with Gasteiger partial charge in [-0.1, -0.05) is 0 Å². The molecule has 1 N–H and O–H groups in total. The molecule has 0 unspecified atom stereocenters. The van der Waals surface area contributed by atoms with Crippen molar-refractivity contribution in [1.82, 2.24) is 5.32 Å². The molecule has 0 heterocycles. The first-order valence-corrected chi connectivity index (χ1v) is 7.14. The summed E-state index contributed by atoms with van der Waals surface area (Å²) in [6.07, 6.45) is 0.682. The Morgan fingerprint density at radius 3 is 2.45 bits per heavy atom. The number of halogens is 2. The third kappa shape index (κ3) is 6.65. The fourth-order valence-corrected chi connectivity index (χ4v) is 1.77. The number of rotatable bonds is 6. The fraction of sp³-hybridized carbons (Fsp3) is 0.500. The molecule has 0 bridgehead atoms. The van der Waals surface area contributed by atoms with Gasteiger partial charge in [0.25, 0.3) is 0 Å². The fourth-order valence-electron chi connectivity index (χ4n) is 1.77. The van der Waals surface area contributed by atoms with E-state index in [4.69, 9.17) is 4.74 Å². The van der Waals surface area contributed by atoms with Crippen LogP contribution < -0.4 is 5.32 Å². The molecule has 0 saturated heterocycles. The second-order valence-electron chi connectivity index (χ2n) is 5.93. The average Bonchev–Trinajstić information content (AvgIpc) is 2.35. The van der Waals surface area contributed by atoms with E-state index < -0.39 is 23.3 Å². The van der Waals surface area contributed by atoms with Crippen LogP contribution in [0.3, 0.4) is 0 Å². The number of benzene rings is 1. The zero-order valence-electron chi connectivity index (χ0n) is 13.0. The van der Waals surface area contributed by atoms with Gasteiger partial charge >= 0.3 is 6.09 Å². The van der Waals surface area contributed by atoms with Gasteiger partial charge < -0.3 is 10.1 Å². The Kier molecular flexibility index (Phi) is 6.46. The topological polar surface area (TPSA) is 55.4 Å². The summed E-state index contributed by atoms with van der Waals surface area (Å²) in [7, 11) is 0. The molecule has 4 nitrogen and oxygen atoms in total. The lowest BCUT2D eigenvalue weighted by atomic mass is 10.0. The van der Waals surface area contributed by atoms with Crippen LogP contribution in [-0.2, 0) is 4.74 Å². The van der Waals surface area contributed by atoms with Crippen molar-refractivity contribution < 1.29 is 23.1 Å². The molecular formula is C16H21F2NO3. The van der Waals surface area contributed by atoms with Crippen LogP contribution in [0.5, 0.6) is 0 Å². The maximum atomic E-state index is 13.4. The predicted molar refractivity (Wildman–Crippen MR) is 78.8 cm³/mol. The maximum absolute atomic E-state index is 13.4. The number of nitrogens with one attached hydrogen (secondary N) is 1. The SMILES string of the molecule is CC(C)(C)OC(=O)NCCCCC(=O)c1ccc(F)cc1F. The molecule has 1 amide bonds. The predicted octanol–water partition coefficient (Wildman–Crippen LogP) is 3.84. The highest BCUT2D eigenvalue weighted by Gasteiger charge is 2.15. The van der Waals surface area contributed by atoms with E-state index >= 15 is 0 Å². The first-order valence-electron chi connectivity index (χ1n) is 7.14. The van der Waals surface area contributed by atoms with Crippen LogP contribution >= 0.6 is 0 Å². The highest BCUT2D eigenvalue weighted by Crippen LogP contribution is 2.13. The average molecular weight is 313 g/mol. The van der Waals surface area contributed by atoms with Gasteiger partial charge in [0.15, 0.2) is 5.78 Å². The molecule has 1 rings (SSSR count). The second-order valence-corrected chi connectivity index (χ2v) is 5.93. The number of ketones is 1. The number of Topliss-reactive ketones (excluding diaryl/α,β-unsaturated/α-hetero) is 1. The van der Waals surface area contributed by atoms with Crippen LogP contribution in [0.4, 0.5) is 13.6 Å². The van der Waals surface area contributed by atoms with Crippen molar-refractivity contribution >= 4 is 11.9 Å². The molecule has 122 valence electrons. The molecule has 1 aromatic rings. The zero-order valence-corrected chi connectivity index (χ0v) is 13.0. The van der Waals surface area contributed by atoms with Crippen molar-refractivity contribution in [3.05, 3.63) is 35.4 Å². The van der Waals surface area contributed by atoms with Crippen molar-refractivity contribution in [3.63, 3.8) is 0 Å². The Labute approximate surface area is 128 Å². The third-order valence-electron chi connectivity index (χ3n) is 2.73. The largest absolute Gasteiger partial charge is 0.444 e. The summed E-state index contributed by atoms with van der Waals surface area (Å²) in [5.74, 6) is -1.94. The van der Waals surface area contributed by atoms with E-state index in [9.17, 15) is 18.4 Å². The van der Waals surface area contributed by atoms with Crippen LogP contribution in [0.15, 0.2) is 18.2 Å². The smallest absolute Gasteiger partial charge is 0.407 e. The van der Waals surface area contributed by atoms with E-state index in [0.717, 1.165) is 12.1 Å². The van der Waals surface area contributed by atoms with E-state index in [1.54, 1.807) is 20.8 Å². The normalized spacial score (nSPS) is 11.1. The molecule has 0 fully saturated rings. The lowest BCUT2D eigenvalue weighted by molar-refractivity contribution is 0.0527. The molecular weight excluding hydrogens is 292 g/mol. The number of carbonyl (C=O) groups is 2. The Morgan fingerprint density at radius 1 is 1.18 bits per heavy atom. The Morgan fingerprint density at radius 2 is 1.86 bits per heavy atom. The minimum atomic E-state index is -0.850. The van der Waals surface area contributed by atoms with Gasteiger partial charge in [0.05, 0.1) is 5.56 Å². The molecule has 0 aliphatic carbocycles. The standard InChI is InChI=1S/C16H21F2NO3/c1-16(2,3)22-15(21)19-9-5-4-6-14(20)12-8-7-11(17)10-13(12)18/h7-8,10H,4-6,9H2,1-3H3,(H,19,21). The van der Waals surface area contributed by atoms with Gasteiger partial charge in [-0.3, -0.25) is 4.79 Å². The van der Waals surface area contributed by atoms with Crippen molar-refractivity contribution in [2.24, 2.45) is 0 Å². The van der Waals surface area contributed by atoms with Gasteiger partial charge in [0.1, 0.15) is 17.2 Å². The van der Waals surface area contributed by atoms with Crippen molar-refractivity contribution in [2.45, 2.75) is 45.6 Å². The molecule has 1 aromatic carbocycles. The lowest BCUT2D eigenvalue weighted by Gasteiger charge is -2.19. The van der Waals surface area contributed by atoms with Crippen molar-refractivity contribution in [2.75, 3.05) is 6.54 Å². The zero-order chi connectivity index (χ0) is 16.8. The third-order valence-corrected chi connectivity index (χ3v) is 2.73. The number of amides is 1. The molecule has 0 radical (unpaired) electrons. The van der Waals surface area contributed by atoms with Gasteiger partial charge in [-0.25, -0.2) is 13.6 Å². The van der Waals surface area contributed by atoms with Crippen molar-refractivity contribution in [1.29, 1.82) is 0 Å².